The maximum atomic E-state index is 11.6. The van der Waals surface area contributed by atoms with Crippen LogP contribution in [0.2, 0.25) is 0 Å². The van der Waals surface area contributed by atoms with Gasteiger partial charge in [-0.2, -0.15) is 0 Å². The van der Waals surface area contributed by atoms with E-state index < -0.39 is 0 Å². The molecule has 0 aliphatic heterocycles. The molecule has 1 aromatic carbocycles. The predicted molar refractivity (Wildman–Crippen MR) is 64.4 cm³/mol. The normalized spacial score (nSPS) is 23.6. The molecule has 2 nitrogen and oxygen atoms in total. The second-order valence-electron chi connectivity index (χ2n) is 4.56. The van der Waals surface area contributed by atoms with Crippen LogP contribution in [-0.2, 0) is 4.79 Å². The number of carbonyl (C=O) groups excluding carboxylic acids is 1. The van der Waals surface area contributed by atoms with Gasteiger partial charge in [-0.25, -0.2) is 0 Å². The highest BCUT2D eigenvalue weighted by molar-refractivity contribution is 5.89. The highest BCUT2D eigenvalue weighted by atomic mass is 16.1. The van der Waals surface area contributed by atoms with Crippen LogP contribution in [0.5, 0.6) is 0 Å². The standard InChI is InChI=1S/C14H15NO/c1-2-14(16)11-7-10(11)12-8-15-13-6-4-3-5-9(12)13/h3-6,8,10-11,15H,2,7H2,1H3. The van der Waals surface area contributed by atoms with Gasteiger partial charge in [0.15, 0.2) is 0 Å². The molecule has 0 amide bonds. The second kappa shape index (κ2) is 3.48. The van der Waals surface area contributed by atoms with Crippen molar-refractivity contribution < 1.29 is 4.79 Å². The van der Waals surface area contributed by atoms with E-state index in [4.69, 9.17) is 0 Å². The van der Waals surface area contributed by atoms with Crippen LogP contribution in [0, 0.1) is 5.92 Å². The summed E-state index contributed by atoms with van der Waals surface area (Å²) in [6.45, 7) is 1.95. The first-order valence-electron chi connectivity index (χ1n) is 5.90. The molecule has 3 rings (SSSR count). The number of benzene rings is 1. The molecule has 0 spiro atoms. The molecule has 2 heteroatoms. The molecule has 2 atom stereocenters. The Balaban J connectivity index is 1.94. The average molecular weight is 213 g/mol. The number of ketones is 1. The predicted octanol–water partition coefficient (Wildman–Crippen LogP) is 3.25. The number of nitrogens with one attached hydrogen (secondary N) is 1. The van der Waals surface area contributed by atoms with Gasteiger partial charge in [0, 0.05) is 29.4 Å². The van der Waals surface area contributed by atoms with Gasteiger partial charge < -0.3 is 4.98 Å². The zero-order valence-corrected chi connectivity index (χ0v) is 9.36. The van der Waals surface area contributed by atoms with E-state index in [1.54, 1.807) is 0 Å². The van der Waals surface area contributed by atoms with Gasteiger partial charge in [-0.1, -0.05) is 25.1 Å². The lowest BCUT2D eigenvalue weighted by molar-refractivity contribution is -0.120. The summed E-state index contributed by atoms with van der Waals surface area (Å²) < 4.78 is 0. The van der Waals surface area contributed by atoms with Gasteiger partial charge in [0.2, 0.25) is 0 Å². The lowest BCUT2D eigenvalue weighted by Gasteiger charge is -1.97. The van der Waals surface area contributed by atoms with Crippen LogP contribution < -0.4 is 0 Å². The number of hydrogen-bond acceptors (Lipinski definition) is 1. The molecule has 0 saturated heterocycles. The zero-order valence-electron chi connectivity index (χ0n) is 9.36. The monoisotopic (exact) mass is 213 g/mol. The number of aromatic amines is 1. The fourth-order valence-corrected chi connectivity index (χ4v) is 2.56. The van der Waals surface area contributed by atoms with Gasteiger partial charge in [0.1, 0.15) is 5.78 Å². The second-order valence-corrected chi connectivity index (χ2v) is 4.56. The number of H-pyrrole nitrogens is 1. The molecule has 2 unspecified atom stereocenters. The van der Waals surface area contributed by atoms with E-state index in [0.29, 0.717) is 18.1 Å². The number of rotatable bonds is 3. The van der Waals surface area contributed by atoms with Crippen molar-refractivity contribution in [2.45, 2.75) is 25.7 Å². The van der Waals surface area contributed by atoms with Crippen molar-refractivity contribution in [2.24, 2.45) is 5.92 Å². The van der Waals surface area contributed by atoms with E-state index in [2.05, 4.69) is 29.4 Å². The minimum Gasteiger partial charge on any atom is -0.361 e. The molecule has 82 valence electrons. The third kappa shape index (κ3) is 1.37. The fourth-order valence-electron chi connectivity index (χ4n) is 2.56. The molecule has 1 aliphatic rings. The lowest BCUT2D eigenvalue weighted by Crippen LogP contribution is -1.98. The third-order valence-electron chi connectivity index (χ3n) is 3.57. The van der Waals surface area contributed by atoms with Crippen molar-refractivity contribution in [3.05, 3.63) is 36.0 Å². The van der Waals surface area contributed by atoms with Crippen molar-refractivity contribution in [3.8, 4) is 0 Å². The van der Waals surface area contributed by atoms with E-state index in [1.807, 2.05) is 13.0 Å². The quantitative estimate of drug-likeness (QED) is 0.834. The largest absolute Gasteiger partial charge is 0.361 e. The SMILES string of the molecule is CCC(=O)C1CC1c1c[nH]c2ccccc12. The highest BCUT2D eigenvalue weighted by Gasteiger charge is 2.43. The van der Waals surface area contributed by atoms with Gasteiger partial charge in [-0.3, -0.25) is 4.79 Å². The molecule has 0 radical (unpaired) electrons. The molecular weight excluding hydrogens is 198 g/mol. The number of para-hydroxylation sites is 1. The molecule has 1 heterocycles. The van der Waals surface area contributed by atoms with E-state index in [1.165, 1.54) is 16.5 Å². The Morgan fingerprint density at radius 2 is 2.25 bits per heavy atom. The Morgan fingerprint density at radius 3 is 3.06 bits per heavy atom. The minimum atomic E-state index is 0.282. The maximum Gasteiger partial charge on any atom is 0.136 e. The van der Waals surface area contributed by atoms with Gasteiger partial charge in [-0.05, 0) is 24.0 Å². The van der Waals surface area contributed by atoms with E-state index in [0.717, 1.165) is 6.42 Å². The summed E-state index contributed by atoms with van der Waals surface area (Å²) >= 11 is 0. The summed E-state index contributed by atoms with van der Waals surface area (Å²) in [6.07, 6.45) is 3.77. The fraction of sp³-hybridized carbons (Fsp3) is 0.357. The molecule has 1 fully saturated rings. The van der Waals surface area contributed by atoms with Crippen molar-refractivity contribution in [2.75, 3.05) is 0 Å². The minimum absolute atomic E-state index is 0.282. The topological polar surface area (TPSA) is 32.9 Å². The van der Waals surface area contributed by atoms with Crippen LogP contribution in [0.1, 0.15) is 31.2 Å². The smallest absolute Gasteiger partial charge is 0.136 e. The molecule has 1 aliphatic carbocycles. The van der Waals surface area contributed by atoms with Crippen molar-refractivity contribution in [1.82, 2.24) is 4.98 Å². The first-order chi connectivity index (χ1) is 7.81. The van der Waals surface area contributed by atoms with Crippen LogP contribution in [0.3, 0.4) is 0 Å². The summed E-state index contributed by atoms with van der Waals surface area (Å²) in [5.41, 5.74) is 2.49. The van der Waals surface area contributed by atoms with Gasteiger partial charge in [-0.15, -0.1) is 0 Å². The number of aromatic nitrogens is 1. The lowest BCUT2D eigenvalue weighted by atomic mass is 10.1. The Labute approximate surface area is 94.7 Å². The first-order valence-corrected chi connectivity index (χ1v) is 5.90. The summed E-state index contributed by atoms with van der Waals surface area (Å²) in [5.74, 6) is 1.16. The summed E-state index contributed by atoms with van der Waals surface area (Å²) in [6, 6.07) is 8.30. The van der Waals surface area contributed by atoms with E-state index >= 15 is 0 Å². The molecule has 16 heavy (non-hydrogen) atoms. The molecule has 2 aromatic rings. The third-order valence-corrected chi connectivity index (χ3v) is 3.57. The van der Waals surface area contributed by atoms with Crippen LogP contribution >= 0.6 is 0 Å². The molecular formula is C14H15NO. The van der Waals surface area contributed by atoms with Crippen LogP contribution in [0.15, 0.2) is 30.5 Å². The van der Waals surface area contributed by atoms with E-state index in [9.17, 15) is 4.79 Å². The number of fused-ring (bicyclic) bond motifs is 1. The first kappa shape index (κ1) is 9.64. The summed E-state index contributed by atoms with van der Waals surface area (Å²) in [4.78, 5) is 14.9. The van der Waals surface area contributed by atoms with Crippen LogP contribution in [-0.4, -0.2) is 10.8 Å². The zero-order chi connectivity index (χ0) is 11.1. The average Bonchev–Trinajstić information content (AvgIpc) is 3.00. The molecule has 1 N–H and O–H groups in total. The van der Waals surface area contributed by atoms with E-state index in [-0.39, 0.29) is 5.92 Å². The number of carbonyl (C=O) groups is 1. The van der Waals surface area contributed by atoms with Crippen molar-refractivity contribution in [1.29, 1.82) is 0 Å². The van der Waals surface area contributed by atoms with Gasteiger partial charge in [0.05, 0.1) is 0 Å². The Hall–Kier alpha value is -1.57. The Kier molecular flexibility index (Phi) is 2.10. The molecule has 0 bridgehead atoms. The van der Waals surface area contributed by atoms with Gasteiger partial charge >= 0.3 is 0 Å². The highest BCUT2D eigenvalue weighted by Crippen LogP contribution is 2.50. The van der Waals surface area contributed by atoms with Crippen LogP contribution in [0.4, 0.5) is 0 Å². The number of hydrogen-bond donors (Lipinski definition) is 1. The molecule has 1 aromatic heterocycles. The number of Topliss-reactive ketones (excluding diaryl/α,β-unsaturated/α-hetero) is 1. The molecule has 1 saturated carbocycles. The summed E-state index contributed by atoms with van der Waals surface area (Å²) in [5, 5.41) is 1.28. The van der Waals surface area contributed by atoms with Crippen molar-refractivity contribution in [3.63, 3.8) is 0 Å². The Morgan fingerprint density at radius 1 is 1.44 bits per heavy atom. The van der Waals surface area contributed by atoms with Crippen molar-refractivity contribution >= 4 is 16.7 Å². The van der Waals surface area contributed by atoms with Crippen LogP contribution in [0.25, 0.3) is 10.9 Å². The summed E-state index contributed by atoms with van der Waals surface area (Å²) in [7, 11) is 0. The Bertz CT molecular complexity index is 540. The maximum absolute atomic E-state index is 11.6. The van der Waals surface area contributed by atoms with Gasteiger partial charge in [0.25, 0.3) is 0 Å².